The highest BCUT2D eigenvalue weighted by atomic mass is 32.2. The fraction of sp³-hybridized carbons (Fsp3) is 0.364. The van der Waals surface area contributed by atoms with Crippen LogP contribution in [0.4, 0.5) is 5.95 Å². The van der Waals surface area contributed by atoms with Crippen LogP contribution in [-0.2, 0) is 11.5 Å². The molecule has 0 aromatic carbocycles. The van der Waals surface area contributed by atoms with E-state index in [4.69, 9.17) is 15.6 Å². The lowest BCUT2D eigenvalue weighted by atomic mass is 10.5. The summed E-state index contributed by atoms with van der Waals surface area (Å²) in [5.41, 5.74) is 5.72. The second kappa shape index (κ2) is 6.55. The molecule has 20 heavy (non-hydrogen) atoms. The molecule has 0 amide bonds. The number of aromatic amines is 1. The topological polar surface area (TPSA) is 119 Å². The number of anilines is 1. The standard InChI is InChI=1S/C11H15N5O3S/c1-2-5-20-11-13-7-8(14-10(12)15-9(7)18)16(11)6-19-4-3-17/h2,17H,1,3-6H2,(H3,12,14,15,18). The summed E-state index contributed by atoms with van der Waals surface area (Å²) < 4.78 is 6.92. The molecule has 2 aromatic heterocycles. The van der Waals surface area contributed by atoms with Gasteiger partial charge >= 0.3 is 0 Å². The zero-order valence-corrected chi connectivity index (χ0v) is 11.5. The molecule has 2 heterocycles. The number of aliphatic hydroxyl groups excluding tert-OH is 1. The Kier molecular flexibility index (Phi) is 4.77. The fourth-order valence-corrected chi connectivity index (χ4v) is 2.31. The molecule has 0 unspecified atom stereocenters. The van der Waals surface area contributed by atoms with Crippen molar-refractivity contribution in [1.29, 1.82) is 0 Å². The predicted molar refractivity (Wildman–Crippen MR) is 76.5 cm³/mol. The van der Waals surface area contributed by atoms with Crippen LogP contribution in [0.3, 0.4) is 0 Å². The third-order valence-corrected chi connectivity index (χ3v) is 3.35. The predicted octanol–water partition coefficient (Wildman–Crippen LogP) is -0.0537. The molecule has 0 bridgehead atoms. The van der Waals surface area contributed by atoms with Gasteiger partial charge in [0, 0.05) is 5.75 Å². The minimum absolute atomic E-state index is 0.0195. The van der Waals surface area contributed by atoms with Crippen LogP contribution in [0.5, 0.6) is 0 Å². The quantitative estimate of drug-likeness (QED) is 0.372. The lowest BCUT2D eigenvalue weighted by molar-refractivity contribution is 0.0458. The minimum Gasteiger partial charge on any atom is -0.394 e. The first-order valence-corrected chi connectivity index (χ1v) is 6.84. The van der Waals surface area contributed by atoms with Crippen LogP contribution in [0, 0.1) is 0 Å². The Hall–Kier alpha value is -1.84. The fourth-order valence-electron chi connectivity index (χ4n) is 1.59. The molecule has 0 atom stereocenters. The molecule has 0 aliphatic rings. The van der Waals surface area contributed by atoms with Gasteiger partial charge in [0.1, 0.15) is 6.73 Å². The van der Waals surface area contributed by atoms with Crippen molar-refractivity contribution >= 4 is 28.9 Å². The maximum Gasteiger partial charge on any atom is 0.280 e. The van der Waals surface area contributed by atoms with Gasteiger partial charge in [-0.2, -0.15) is 4.98 Å². The third-order valence-electron chi connectivity index (χ3n) is 2.38. The Labute approximate surface area is 118 Å². The number of nitrogens with zero attached hydrogens (tertiary/aromatic N) is 3. The SMILES string of the molecule is C=CCSc1nc2c(=O)[nH]c(N)nc2n1COCCO. The number of rotatable bonds is 7. The van der Waals surface area contributed by atoms with Crippen molar-refractivity contribution in [2.45, 2.75) is 11.9 Å². The number of thioether (sulfide) groups is 1. The van der Waals surface area contributed by atoms with Gasteiger partial charge in [0.25, 0.3) is 5.56 Å². The van der Waals surface area contributed by atoms with E-state index < -0.39 is 5.56 Å². The lowest BCUT2D eigenvalue weighted by Gasteiger charge is -2.07. The van der Waals surface area contributed by atoms with Gasteiger partial charge in [0.2, 0.25) is 5.95 Å². The van der Waals surface area contributed by atoms with E-state index in [1.165, 1.54) is 11.8 Å². The van der Waals surface area contributed by atoms with Crippen molar-refractivity contribution in [3.63, 3.8) is 0 Å². The first-order chi connectivity index (χ1) is 9.67. The number of aliphatic hydroxyl groups is 1. The molecular weight excluding hydrogens is 282 g/mol. The van der Waals surface area contributed by atoms with Crippen LogP contribution >= 0.6 is 11.8 Å². The average molecular weight is 297 g/mol. The van der Waals surface area contributed by atoms with E-state index in [1.54, 1.807) is 10.6 Å². The Morgan fingerprint density at radius 3 is 3.05 bits per heavy atom. The molecule has 2 aromatic rings. The maximum atomic E-state index is 11.8. The van der Waals surface area contributed by atoms with Crippen LogP contribution in [0.1, 0.15) is 0 Å². The first-order valence-electron chi connectivity index (χ1n) is 5.85. The molecule has 108 valence electrons. The Morgan fingerprint density at radius 2 is 2.35 bits per heavy atom. The number of aromatic nitrogens is 4. The monoisotopic (exact) mass is 297 g/mol. The van der Waals surface area contributed by atoms with Crippen molar-refractivity contribution < 1.29 is 9.84 Å². The summed E-state index contributed by atoms with van der Waals surface area (Å²) in [6.07, 6.45) is 1.73. The number of fused-ring (bicyclic) bond motifs is 1. The zero-order valence-electron chi connectivity index (χ0n) is 10.7. The highest BCUT2D eigenvalue weighted by Gasteiger charge is 2.15. The molecule has 0 saturated carbocycles. The number of hydrogen-bond acceptors (Lipinski definition) is 7. The van der Waals surface area contributed by atoms with Gasteiger partial charge in [0.15, 0.2) is 16.3 Å². The molecule has 2 rings (SSSR count). The van der Waals surface area contributed by atoms with E-state index in [9.17, 15) is 4.79 Å². The minimum atomic E-state index is -0.395. The van der Waals surface area contributed by atoms with E-state index in [1.807, 2.05) is 0 Å². The van der Waals surface area contributed by atoms with E-state index in [0.717, 1.165) is 0 Å². The van der Waals surface area contributed by atoms with Crippen LogP contribution in [0.2, 0.25) is 0 Å². The van der Waals surface area contributed by atoms with Crippen molar-refractivity contribution in [3.05, 3.63) is 23.0 Å². The Morgan fingerprint density at radius 1 is 1.55 bits per heavy atom. The molecule has 0 fully saturated rings. The number of ether oxygens (including phenoxy) is 1. The summed E-state index contributed by atoms with van der Waals surface area (Å²) in [6, 6.07) is 0. The zero-order chi connectivity index (χ0) is 14.5. The van der Waals surface area contributed by atoms with Gasteiger partial charge in [0.05, 0.1) is 13.2 Å². The molecule has 0 saturated heterocycles. The second-order valence-corrected chi connectivity index (χ2v) is 4.79. The highest BCUT2D eigenvalue weighted by Crippen LogP contribution is 2.21. The average Bonchev–Trinajstić information content (AvgIpc) is 2.75. The molecule has 0 radical (unpaired) electrons. The molecular formula is C11H15N5O3S. The van der Waals surface area contributed by atoms with Gasteiger partial charge in [-0.1, -0.05) is 17.8 Å². The van der Waals surface area contributed by atoms with E-state index in [2.05, 4.69) is 21.5 Å². The second-order valence-electron chi connectivity index (χ2n) is 3.81. The third kappa shape index (κ3) is 3.00. The highest BCUT2D eigenvalue weighted by molar-refractivity contribution is 7.99. The van der Waals surface area contributed by atoms with Gasteiger partial charge in [-0.05, 0) is 0 Å². The summed E-state index contributed by atoms with van der Waals surface area (Å²) in [5.74, 6) is 0.655. The van der Waals surface area contributed by atoms with E-state index >= 15 is 0 Å². The Bertz CT molecular complexity index is 666. The molecule has 0 aliphatic heterocycles. The summed E-state index contributed by atoms with van der Waals surface area (Å²) in [6.45, 7) is 3.87. The number of hydrogen-bond donors (Lipinski definition) is 3. The largest absolute Gasteiger partial charge is 0.394 e. The lowest BCUT2D eigenvalue weighted by Crippen LogP contribution is -2.13. The van der Waals surface area contributed by atoms with Crippen LogP contribution < -0.4 is 11.3 Å². The normalized spacial score (nSPS) is 11.1. The van der Waals surface area contributed by atoms with E-state index in [0.29, 0.717) is 16.6 Å². The number of nitrogen functional groups attached to an aromatic ring is 1. The summed E-state index contributed by atoms with van der Waals surface area (Å²) in [4.78, 5) is 22.5. The first kappa shape index (κ1) is 14.6. The van der Waals surface area contributed by atoms with E-state index in [-0.39, 0.29) is 31.4 Å². The molecule has 4 N–H and O–H groups in total. The molecule has 9 heteroatoms. The van der Waals surface area contributed by atoms with Crippen molar-refractivity contribution in [2.24, 2.45) is 0 Å². The smallest absolute Gasteiger partial charge is 0.280 e. The number of imidazole rings is 1. The van der Waals surface area contributed by atoms with Crippen LogP contribution in [-0.4, -0.2) is 43.6 Å². The summed E-state index contributed by atoms with van der Waals surface area (Å²) in [7, 11) is 0. The van der Waals surface area contributed by atoms with Crippen LogP contribution in [0.15, 0.2) is 22.6 Å². The summed E-state index contributed by atoms with van der Waals surface area (Å²) >= 11 is 1.40. The van der Waals surface area contributed by atoms with Gasteiger partial charge in [-0.15, -0.1) is 6.58 Å². The number of H-pyrrole nitrogens is 1. The molecule has 0 spiro atoms. The van der Waals surface area contributed by atoms with Crippen molar-refractivity contribution in [1.82, 2.24) is 19.5 Å². The number of nitrogens with two attached hydrogens (primary N) is 1. The summed E-state index contributed by atoms with van der Waals surface area (Å²) in [5, 5.41) is 9.33. The van der Waals surface area contributed by atoms with Gasteiger partial charge in [-0.25, -0.2) is 4.98 Å². The molecule has 0 aliphatic carbocycles. The van der Waals surface area contributed by atoms with Crippen LogP contribution in [0.25, 0.3) is 11.2 Å². The Balaban J connectivity index is 2.46. The van der Waals surface area contributed by atoms with Gasteiger partial charge in [-0.3, -0.25) is 14.3 Å². The van der Waals surface area contributed by atoms with Crippen molar-refractivity contribution in [2.75, 3.05) is 24.7 Å². The number of nitrogens with one attached hydrogen (secondary N) is 1. The maximum absolute atomic E-state index is 11.8. The van der Waals surface area contributed by atoms with Gasteiger partial charge < -0.3 is 15.6 Å². The van der Waals surface area contributed by atoms with Crippen molar-refractivity contribution in [3.8, 4) is 0 Å². The molecule has 8 nitrogen and oxygen atoms in total.